The predicted molar refractivity (Wildman–Crippen MR) is 48.3 cm³/mol. The Hall–Kier alpha value is -0.0900. The molecule has 1 fully saturated rings. The van der Waals surface area contributed by atoms with Crippen LogP contribution >= 0.6 is 0 Å². The summed E-state index contributed by atoms with van der Waals surface area (Å²) in [6, 6.07) is 0. The van der Waals surface area contributed by atoms with Gasteiger partial charge >= 0.3 is 0 Å². The van der Waals surface area contributed by atoms with Gasteiger partial charge in [-0.15, -0.1) is 0 Å². The number of hydrogen-bond acceptors (Lipinski definition) is 3. The molecule has 0 amide bonds. The van der Waals surface area contributed by atoms with Gasteiger partial charge in [0, 0.05) is 27.8 Å². The van der Waals surface area contributed by atoms with Crippen LogP contribution in [-0.2, 0) is 9.73 Å². The van der Waals surface area contributed by atoms with E-state index in [0.717, 1.165) is 37.4 Å². The summed E-state index contributed by atoms with van der Waals surface area (Å²) in [7, 11) is 0.248. The zero-order chi connectivity index (χ0) is 8.16. The topological polar surface area (TPSA) is 41.5 Å². The molecular formula is C7H16N2OS. The van der Waals surface area contributed by atoms with Crippen molar-refractivity contribution in [1.82, 2.24) is 5.32 Å². The van der Waals surface area contributed by atoms with Gasteiger partial charge in [0.25, 0.3) is 0 Å². The highest BCUT2D eigenvalue weighted by molar-refractivity contribution is 7.94. The molecule has 0 aromatic rings. The van der Waals surface area contributed by atoms with E-state index in [2.05, 4.69) is 9.68 Å². The van der Waals surface area contributed by atoms with Crippen LogP contribution in [0.1, 0.15) is 12.8 Å². The third-order valence-electron chi connectivity index (χ3n) is 1.84. The maximum Gasteiger partial charge on any atom is 0.0496 e. The average molecular weight is 176 g/mol. The number of rotatable bonds is 4. The molecule has 66 valence electrons. The smallest absolute Gasteiger partial charge is 0.0496 e. The van der Waals surface area contributed by atoms with E-state index < -0.39 is 9.73 Å². The second-order valence-electron chi connectivity index (χ2n) is 2.84. The van der Waals surface area contributed by atoms with E-state index in [9.17, 15) is 4.21 Å². The first-order valence-corrected chi connectivity index (χ1v) is 5.95. The van der Waals surface area contributed by atoms with Gasteiger partial charge in [-0.2, -0.15) is 0 Å². The molecule has 0 aliphatic carbocycles. The molecule has 0 aromatic carbocycles. The zero-order valence-corrected chi connectivity index (χ0v) is 7.82. The quantitative estimate of drug-likeness (QED) is 0.633. The fraction of sp³-hybridized carbons (Fsp3) is 1.00. The summed E-state index contributed by atoms with van der Waals surface area (Å²) >= 11 is 0. The minimum Gasteiger partial charge on any atom is -0.320 e. The van der Waals surface area contributed by atoms with Crippen molar-refractivity contribution in [2.24, 2.45) is 4.36 Å². The molecule has 0 atom stereocenters. The third-order valence-corrected chi connectivity index (χ3v) is 4.34. The molecule has 1 aliphatic rings. The van der Waals surface area contributed by atoms with Gasteiger partial charge < -0.3 is 5.32 Å². The summed E-state index contributed by atoms with van der Waals surface area (Å²) in [5.41, 5.74) is 0. The predicted octanol–water partition coefficient (Wildman–Crippen LogP) is 0.468. The van der Waals surface area contributed by atoms with Crippen molar-refractivity contribution < 1.29 is 4.21 Å². The van der Waals surface area contributed by atoms with Crippen molar-refractivity contribution in [3.8, 4) is 0 Å². The Labute approximate surface area is 68.8 Å². The van der Waals surface area contributed by atoms with E-state index in [4.69, 9.17) is 0 Å². The third kappa shape index (κ3) is 2.79. The van der Waals surface area contributed by atoms with Crippen LogP contribution in [0.4, 0.5) is 0 Å². The van der Waals surface area contributed by atoms with Crippen LogP contribution in [0.2, 0.25) is 0 Å². The van der Waals surface area contributed by atoms with Gasteiger partial charge in [-0.05, 0) is 26.4 Å². The lowest BCUT2D eigenvalue weighted by atomic mass is 10.4. The van der Waals surface area contributed by atoms with Crippen molar-refractivity contribution in [3.05, 3.63) is 0 Å². The summed E-state index contributed by atoms with van der Waals surface area (Å²) in [6.45, 7) is 1.73. The van der Waals surface area contributed by atoms with Crippen LogP contribution in [0.25, 0.3) is 0 Å². The summed E-state index contributed by atoms with van der Waals surface area (Å²) in [4.78, 5) is 0. The van der Waals surface area contributed by atoms with Crippen LogP contribution in [0.3, 0.4) is 0 Å². The average Bonchev–Trinajstić information content (AvgIpc) is 1.95. The molecule has 1 saturated heterocycles. The van der Waals surface area contributed by atoms with E-state index >= 15 is 0 Å². The monoisotopic (exact) mass is 176 g/mol. The van der Waals surface area contributed by atoms with Crippen LogP contribution < -0.4 is 5.32 Å². The highest BCUT2D eigenvalue weighted by Crippen LogP contribution is 2.12. The first kappa shape index (κ1) is 9.00. The highest BCUT2D eigenvalue weighted by atomic mass is 32.2. The van der Waals surface area contributed by atoms with Crippen molar-refractivity contribution in [1.29, 1.82) is 0 Å². The van der Waals surface area contributed by atoms with Gasteiger partial charge in [0.2, 0.25) is 0 Å². The largest absolute Gasteiger partial charge is 0.320 e. The Morgan fingerprint density at radius 3 is 2.73 bits per heavy atom. The second-order valence-corrected chi connectivity index (χ2v) is 5.46. The lowest BCUT2D eigenvalue weighted by Gasteiger charge is -2.17. The van der Waals surface area contributed by atoms with Gasteiger partial charge in [-0.1, -0.05) is 0 Å². The van der Waals surface area contributed by atoms with Gasteiger partial charge in [0.1, 0.15) is 0 Å². The second kappa shape index (κ2) is 4.07. The number of hydrogen-bond donors (Lipinski definition) is 1. The lowest BCUT2D eigenvalue weighted by Crippen LogP contribution is -2.24. The van der Waals surface area contributed by atoms with E-state index in [1.807, 2.05) is 7.05 Å². The molecule has 0 spiro atoms. The highest BCUT2D eigenvalue weighted by Gasteiger charge is 2.17. The fourth-order valence-electron chi connectivity index (χ4n) is 1.01. The fourth-order valence-corrected chi connectivity index (χ4v) is 2.51. The van der Waals surface area contributed by atoms with E-state index in [1.54, 1.807) is 0 Å². The summed E-state index contributed by atoms with van der Waals surface area (Å²) < 4.78 is 15.6. The molecule has 0 saturated carbocycles. The molecule has 1 rings (SSSR count). The van der Waals surface area contributed by atoms with E-state index in [0.29, 0.717) is 0 Å². The minimum absolute atomic E-state index is 0.764. The Bertz CT molecular complexity index is 208. The number of nitrogens with one attached hydrogen (secondary N) is 1. The molecule has 1 aliphatic heterocycles. The molecule has 0 bridgehead atoms. The van der Waals surface area contributed by atoms with Crippen LogP contribution in [0.15, 0.2) is 4.36 Å². The standard InChI is InChI=1S/C7H16N2OS/c1-8-4-2-5-9-11(10)6-3-7-11/h8H,2-7H2,1H3. The Kier molecular flexibility index (Phi) is 3.33. The Balaban J connectivity index is 2.19. The molecule has 0 radical (unpaired) electrons. The van der Waals surface area contributed by atoms with Crippen LogP contribution in [-0.4, -0.2) is 35.9 Å². The molecule has 3 nitrogen and oxygen atoms in total. The SMILES string of the molecule is CNCCCN=S1(=O)CCC1. The zero-order valence-electron chi connectivity index (χ0n) is 7.01. The molecule has 11 heavy (non-hydrogen) atoms. The van der Waals surface area contributed by atoms with E-state index in [-0.39, 0.29) is 0 Å². The maximum absolute atomic E-state index is 11.4. The Morgan fingerprint density at radius 2 is 2.27 bits per heavy atom. The summed E-state index contributed by atoms with van der Waals surface area (Å²) in [5.74, 6) is 1.68. The van der Waals surface area contributed by atoms with Crippen LogP contribution in [0, 0.1) is 0 Å². The lowest BCUT2D eigenvalue weighted by molar-refractivity contribution is 0.657. The Morgan fingerprint density at radius 1 is 1.55 bits per heavy atom. The summed E-state index contributed by atoms with van der Waals surface area (Å²) in [6.07, 6.45) is 2.11. The molecular weight excluding hydrogens is 160 g/mol. The molecule has 0 aromatic heterocycles. The van der Waals surface area contributed by atoms with Crippen molar-refractivity contribution in [2.75, 3.05) is 31.6 Å². The molecule has 1 heterocycles. The molecule has 1 N–H and O–H groups in total. The maximum atomic E-state index is 11.4. The van der Waals surface area contributed by atoms with E-state index in [1.165, 1.54) is 0 Å². The van der Waals surface area contributed by atoms with Crippen molar-refractivity contribution in [3.63, 3.8) is 0 Å². The summed E-state index contributed by atoms with van der Waals surface area (Å²) in [5, 5.41) is 3.04. The normalized spacial score (nSPS) is 20.8. The number of nitrogens with zero attached hydrogens (tertiary/aromatic N) is 1. The van der Waals surface area contributed by atoms with Gasteiger partial charge in [0.15, 0.2) is 0 Å². The van der Waals surface area contributed by atoms with Crippen LogP contribution in [0.5, 0.6) is 0 Å². The van der Waals surface area contributed by atoms with Crippen molar-refractivity contribution >= 4 is 9.73 Å². The van der Waals surface area contributed by atoms with Gasteiger partial charge in [-0.3, -0.25) is 0 Å². The van der Waals surface area contributed by atoms with Crippen molar-refractivity contribution in [2.45, 2.75) is 12.8 Å². The van der Waals surface area contributed by atoms with Gasteiger partial charge in [0.05, 0.1) is 0 Å². The molecule has 0 unspecified atom stereocenters. The first-order valence-electron chi connectivity index (χ1n) is 4.10. The first-order chi connectivity index (χ1) is 5.27. The van der Waals surface area contributed by atoms with Gasteiger partial charge in [-0.25, -0.2) is 8.57 Å². The minimum atomic E-state index is -1.67. The molecule has 4 heteroatoms.